The Hall–Kier alpha value is -2.68. The van der Waals surface area contributed by atoms with E-state index >= 15 is 0 Å². The van der Waals surface area contributed by atoms with Gasteiger partial charge in [-0.25, -0.2) is 0 Å². The van der Waals surface area contributed by atoms with E-state index in [0.717, 1.165) is 13.0 Å². The molecule has 2 nitrogen and oxygen atoms in total. The van der Waals surface area contributed by atoms with E-state index in [4.69, 9.17) is 10.5 Å². The minimum atomic E-state index is 0.377. The van der Waals surface area contributed by atoms with Crippen LogP contribution in [0.25, 0.3) is 0 Å². The van der Waals surface area contributed by atoms with E-state index < -0.39 is 0 Å². The zero-order valence-electron chi connectivity index (χ0n) is 17.7. The molecule has 0 aliphatic carbocycles. The minimum Gasteiger partial charge on any atom is -0.377 e. The molecule has 2 heteroatoms. The molecule has 0 radical (unpaired) electrons. The van der Waals surface area contributed by atoms with Gasteiger partial charge in [-0.05, 0) is 37.0 Å². The Balaban J connectivity index is 0.000000687. The third-order valence-corrected chi connectivity index (χ3v) is 4.67. The summed E-state index contributed by atoms with van der Waals surface area (Å²) in [6.45, 7) is 9.64. The molecule has 0 atom stereocenters. The molecule has 0 aliphatic rings. The van der Waals surface area contributed by atoms with E-state index in [1.807, 2.05) is 0 Å². The van der Waals surface area contributed by atoms with E-state index in [1.165, 1.54) is 27.8 Å². The molecule has 0 aromatic heterocycles. The molecule has 3 aromatic carbocycles. The van der Waals surface area contributed by atoms with Crippen molar-refractivity contribution in [3.8, 4) is 0 Å². The van der Waals surface area contributed by atoms with E-state index in [9.17, 15) is 0 Å². The van der Waals surface area contributed by atoms with Crippen LogP contribution in [-0.4, -0.2) is 13.2 Å². The van der Waals surface area contributed by atoms with E-state index in [0.29, 0.717) is 19.1 Å². The largest absolute Gasteiger partial charge is 0.377 e. The van der Waals surface area contributed by atoms with Crippen molar-refractivity contribution in [1.82, 2.24) is 0 Å². The predicted octanol–water partition coefficient (Wildman–Crippen LogP) is 6.17. The minimum absolute atomic E-state index is 0.377. The highest BCUT2D eigenvalue weighted by Gasteiger charge is 2.13. The first kappa shape index (κ1) is 22.6. The smallest absolute Gasteiger partial charge is 0.0717 e. The quantitative estimate of drug-likeness (QED) is 0.370. The summed E-state index contributed by atoms with van der Waals surface area (Å²) in [4.78, 5) is 0. The summed E-state index contributed by atoms with van der Waals surface area (Å²) in [6, 6.07) is 28.0. The zero-order valence-corrected chi connectivity index (χ0v) is 17.7. The lowest BCUT2D eigenvalue weighted by Crippen LogP contribution is -2.06. The molecule has 3 rings (SSSR count). The van der Waals surface area contributed by atoms with Gasteiger partial charge in [0, 0.05) is 19.1 Å². The maximum Gasteiger partial charge on any atom is 0.0717 e. The van der Waals surface area contributed by atoms with Crippen molar-refractivity contribution in [1.29, 1.82) is 0 Å². The number of hydrogen-bond donors (Lipinski definition) is 1. The molecule has 0 fully saturated rings. The van der Waals surface area contributed by atoms with Gasteiger partial charge in [0.25, 0.3) is 0 Å². The molecule has 0 unspecified atom stereocenters. The fourth-order valence-corrected chi connectivity index (χ4v) is 3.44. The van der Waals surface area contributed by atoms with E-state index in [2.05, 4.69) is 99.3 Å². The summed E-state index contributed by atoms with van der Waals surface area (Å²) >= 11 is 0. The van der Waals surface area contributed by atoms with Crippen LogP contribution in [0.1, 0.15) is 40.2 Å². The predicted molar refractivity (Wildman–Crippen MR) is 124 cm³/mol. The highest BCUT2D eigenvalue weighted by molar-refractivity contribution is 5.32. The first-order valence-electron chi connectivity index (χ1n) is 10.2. The Bertz CT molecular complexity index is 783. The number of benzene rings is 3. The monoisotopic (exact) mass is 387 g/mol. The van der Waals surface area contributed by atoms with Gasteiger partial charge in [0.2, 0.25) is 0 Å². The highest BCUT2D eigenvalue weighted by Crippen LogP contribution is 2.27. The number of rotatable bonds is 8. The molecule has 0 saturated heterocycles. The lowest BCUT2D eigenvalue weighted by atomic mass is 9.89. The third-order valence-electron chi connectivity index (χ3n) is 4.67. The van der Waals surface area contributed by atoms with Crippen molar-refractivity contribution >= 4 is 0 Å². The molecule has 29 heavy (non-hydrogen) atoms. The summed E-state index contributed by atoms with van der Waals surface area (Å²) < 4.78 is 6.00. The lowest BCUT2D eigenvalue weighted by molar-refractivity contribution is 0.116. The van der Waals surface area contributed by atoms with Crippen LogP contribution >= 0.6 is 0 Å². The van der Waals surface area contributed by atoms with Crippen LogP contribution in [0.3, 0.4) is 0 Å². The van der Waals surface area contributed by atoms with Gasteiger partial charge >= 0.3 is 0 Å². The van der Waals surface area contributed by atoms with Crippen molar-refractivity contribution in [2.75, 3.05) is 13.2 Å². The standard InChI is InChI=1S/C24H26O.C3H7N/c1-19-15-20(2)17-21(16-19)18-25-14-13-24(22-9-5-3-6-10-22)23-11-7-4-8-12-23;1-2-3-4/h3-12,15-17,24H,13-14,18H2,1-2H3;2H,1,3-4H2. The van der Waals surface area contributed by atoms with Crippen LogP contribution in [0, 0.1) is 13.8 Å². The van der Waals surface area contributed by atoms with Crippen molar-refractivity contribution < 1.29 is 4.74 Å². The lowest BCUT2D eigenvalue weighted by Gasteiger charge is -2.18. The Morgan fingerprint density at radius 1 is 0.862 bits per heavy atom. The zero-order chi connectivity index (χ0) is 20.9. The summed E-state index contributed by atoms with van der Waals surface area (Å²) in [5.74, 6) is 0.377. The molecule has 0 saturated carbocycles. The van der Waals surface area contributed by atoms with Gasteiger partial charge in [-0.1, -0.05) is 96.1 Å². The Kier molecular flexibility index (Phi) is 9.91. The average molecular weight is 388 g/mol. The van der Waals surface area contributed by atoms with Crippen LogP contribution in [0.15, 0.2) is 91.5 Å². The fourth-order valence-electron chi connectivity index (χ4n) is 3.44. The maximum atomic E-state index is 6.00. The number of hydrogen-bond acceptors (Lipinski definition) is 2. The van der Waals surface area contributed by atoms with Gasteiger partial charge in [-0.3, -0.25) is 0 Å². The SMILES string of the molecule is C=CCN.Cc1cc(C)cc(COCCC(c2ccccc2)c2ccccc2)c1. The normalized spacial score (nSPS) is 10.3. The molecular formula is C27H33NO. The molecule has 2 N–H and O–H groups in total. The second kappa shape index (κ2) is 12.7. The number of nitrogens with two attached hydrogens (primary N) is 1. The van der Waals surface area contributed by atoms with Crippen LogP contribution in [0.2, 0.25) is 0 Å². The fraction of sp³-hybridized carbons (Fsp3) is 0.259. The van der Waals surface area contributed by atoms with Gasteiger partial charge in [0.05, 0.1) is 6.61 Å². The molecule has 0 amide bonds. The van der Waals surface area contributed by atoms with Gasteiger partial charge in [-0.15, -0.1) is 6.58 Å². The van der Waals surface area contributed by atoms with Crippen LogP contribution < -0.4 is 5.73 Å². The maximum absolute atomic E-state index is 6.00. The molecule has 0 spiro atoms. The number of ether oxygens (including phenoxy) is 1. The summed E-state index contributed by atoms with van der Waals surface area (Å²) in [7, 11) is 0. The van der Waals surface area contributed by atoms with Crippen molar-refractivity contribution in [2.24, 2.45) is 5.73 Å². The molecule has 0 heterocycles. The average Bonchev–Trinajstić information content (AvgIpc) is 2.74. The van der Waals surface area contributed by atoms with Crippen LogP contribution in [0.4, 0.5) is 0 Å². The summed E-state index contributed by atoms with van der Waals surface area (Å²) in [6.07, 6.45) is 2.64. The van der Waals surface area contributed by atoms with Gasteiger partial charge < -0.3 is 10.5 Å². The van der Waals surface area contributed by atoms with Crippen LogP contribution in [0.5, 0.6) is 0 Å². The van der Waals surface area contributed by atoms with E-state index in [-0.39, 0.29) is 0 Å². The molecule has 0 bridgehead atoms. The Morgan fingerprint density at radius 2 is 1.34 bits per heavy atom. The van der Waals surface area contributed by atoms with Crippen LogP contribution in [-0.2, 0) is 11.3 Å². The summed E-state index contributed by atoms with van der Waals surface area (Å²) in [5, 5.41) is 0. The molecule has 0 aliphatic heterocycles. The van der Waals surface area contributed by atoms with Gasteiger partial charge in [0.1, 0.15) is 0 Å². The molecule has 152 valence electrons. The Morgan fingerprint density at radius 3 is 1.79 bits per heavy atom. The first-order chi connectivity index (χ1) is 14.1. The summed E-state index contributed by atoms with van der Waals surface area (Å²) in [5.41, 5.74) is 11.5. The van der Waals surface area contributed by atoms with Gasteiger partial charge in [-0.2, -0.15) is 0 Å². The first-order valence-corrected chi connectivity index (χ1v) is 10.2. The second-order valence-electron chi connectivity index (χ2n) is 7.24. The van der Waals surface area contributed by atoms with Crippen molar-refractivity contribution in [3.05, 3.63) is 119 Å². The third kappa shape index (κ3) is 8.06. The number of aryl methyl sites for hydroxylation is 2. The van der Waals surface area contributed by atoms with Crippen molar-refractivity contribution in [3.63, 3.8) is 0 Å². The Labute approximate surface area is 176 Å². The van der Waals surface area contributed by atoms with E-state index in [1.54, 1.807) is 6.08 Å². The molecule has 3 aromatic rings. The topological polar surface area (TPSA) is 35.2 Å². The second-order valence-corrected chi connectivity index (χ2v) is 7.24. The highest BCUT2D eigenvalue weighted by atomic mass is 16.5. The molecular weight excluding hydrogens is 354 g/mol. The van der Waals surface area contributed by atoms with Gasteiger partial charge in [0.15, 0.2) is 0 Å². The van der Waals surface area contributed by atoms with Crippen molar-refractivity contribution in [2.45, 2.75) is 32.8 Å².